The smallest absolute Gasteiger partial charge is 0.283 e. The van der Waals surface area contributed by atoms with E-state index in [0.717, 1.165) is 72.3 Å². The quantitative estimate of drug-likeness (QED) is 0.0654. The molecular weight excluding hydrogens is 1440 g/mol. The van der Waals surface area contributed by atoms with Crippen LogP contribution in [0.3, 0.4) is 0 Å². The average molecular weight is 1530 g/mol. The predicted octanol–water partition coefficient (Wildman–Crippen LogP) is 17.5. The standard InChI is InChI=1S/2C25H25FN4O2.C25H26N4O3.C6H14F3NO2S.CH4/c2*1-24(2,3)10-20(26)16-5-7-22-19(9-16)25(13-31-23(27)30-25)18-8-15(4-6-21(18)32-22)17-11-28-14-29-12-17;1-24(2,3)10-20(30)16-5-7-22-19(9-16)25(13-31-23(26)29-25)18-8-15(4-6-21(18)32-22)17-11-27-14-28-12-17;1-11-5-3-10(4-6-12-2)13(7,8)9;/h2*4-9,11-12,14,20H,10,13H2,1-3H3,(H2,27,30);4-9,11-12,14,20,30H,10,13H2,1-3H3,(H2,26,29);3-6H2,1-2H3;1H4/t20-,25+;20-,25-;20?,25-;;/m100../s1. The summed E-state index contributed by atoms with van der Waals surface area (Å²) >= 11 is -5.14. The van der Waals surface area contributed by atoms with Crippen LogP contribution in [-0.2, 0) is 40.3 Å². The van der Waals surface area contributed by atoms with Crippen LogP contribution >= 0.6 is 11.4 Å². The molecule has 28 heteroatoms. The first-order valence-electron chi connectivity index (χ1n) is 35.5. The Kier molecular flexibility index (Phi) is 23.9. The first kappa shape index (κ1) is 80.6. The highest BCUT2D eigenvalue weighted by Crippen LogP contribution is 2.58. The highest BCUT2D eigenvalue weighted by atomic mass is 32.3. The lowest BCUT2D eigenvalue weighted by Crippen LogP contribution is -2.31. The summed E-state index contributed by atoms with van der Waals surface area (Å²) in [6, 6.07) is 34.6. The summed E-state index contributed by atoms with van der Waals surface area (Å²) in [5.74, 6) is 3.97. The number of alkyl halides is 2. The zero-order valence-electron chi connectivity index (χ0n) is 62.6. The van der Waals surface area contributed by atoms with E-state index >= 15 is 8.78 Å². The molecule has 6 aliphatic rings. The summed E-state index contributed by atoms with van der Waals surface area (Å²) in [4.78, 5) is 38.9. The second-order valence-corrected chi connectivity index (χ2v) is 32.2. The van der Waals surface area contributed by atoms with Gasteiger partial charge in [-0.1, -0.05) is 106 Å². The van der Waals surface area contributed by atoms with Gasteiger partial charge < -0.3 is 60.2 Å². The molecule has 0 fully saturated rings. The highest BCUT2D eigenvalue weighted by molar-refractivity contribution is 8.18. The highest BCUT2D eigenvalue weighted by Gasteiger charge is 2.51. The van der Waals surface area contributed by atoms with Crippen LogP contribution in [0.5, 0.6) is 34.5 Å². The van der Waals surface area contributed by atoms with Crippen LogP contribution in [0.4, 0.5) is 20.4 Å². The number of nitrogens with two attached hydrogens (primary N) is 3. The Labute approximate surface area is 640 Å². The van der Waals surface area contributed by atoms with Gasteiger partial charge >= 0.3 is 0 Å². The molecule has 9 heterocycles. The van der Waals surface area contributed by atoms with Gasteiger partial charge in [-0.2, -0.15) is 4.31 Å². The van der Waals surface area contributed by atoms with Gasteiger partial charge in [-0.05, 0) is 142 Å². The number of aromatic nitrogens is 6. The zero-order valence-corrected chi connectivity index (χ0v) is 63.4. The molecule has 3 spiro atoms. The minimum absolute atomic E-state index is 0. The van der Waals surface area contributed by atoms with E-state index in [0.29, 0.717) is 69.2 Å². The average Bonchev–Trinajstić information content (AvgIpc) is 1.44. The van der Waals surface area contributed by atoms with Gasteiger partial charge in [0, 0.05) is 115 Å². The largest absolute Gasteiger partial charge is 0.462 e. The minimum atomic E-state index is -5.14. The number of halogens is 5. The van der Waals surface area contributed by atoms with Gasteiger partial charge in [-0.3, -0.25) is 0 Å². The molecule has 0 amide bonds. The van der Waals surface area contributed by atoms with Crippen molar-refractivity contribution in [2.24, 2.45) is 48.4 Å². The van der Waals surface area contributed by atoms with E-state index in [-0.39, 0.29) is 87.9 Å². The van der Waals surface area contributed by atoms with Gasteiger partial charge in [0.25, 0.3) is 29.4 Å². The maximum absolute atomic E-state index is 15.2. The number of benzene rings is 6. The molecule has 6 atom stereocenters. The number of fused-ring (bicyclic) bond motifs is 12. The number of amidine groups is 3. The number of methoxy groups -OCH3 is 2. The predicted molar refractivity (Wildman–Crippen MR) is 415 cm³/mol. The molecule has 6 aromatic carbocycles. The van der Waals surface area contributed by atoms with E-state index in [9.17, 15) is 16.8 Å². The fraction of sp³-hybridized carbons (Fsp3) is 0.378. The second kappa shape index (κ2) is 32.7. The summed E-state index contributed by atoms with van der Waals surface area (Å²) in [5.41, 5.74) is 27.3. The van der Waals surface area contributed by atoms with E-state index < -0.39 is 46.4 Å². The third-order valence-corrected chi connectivity index (χ3v) is 20.0. The Hall–Kier alpha value is -10.4. The van der Waals surface area contributed by atoms with Crippen molar-refractivity contribution < 1.29 is 63.4 Å². The summed E-state index contributed by atoms with van der Waals surface area (Å²) in [5, 5.41) is 10.9. The molecule has 6 aliphatic heterocycles. The third kappa shape index (κ3) is 17.9. The van der Waals surface area contributed by atoms with Crippen LogP contribution in [0.25, 0.3) is 33.4 Å². The fourth-order valence-corrected chi connectivity index (χ4v) is 14.4. The molecule has 0 saturated heterocycles. The molecule has 0 bridgehead atoms. The number of hydrogen-bond donors (Lipinski definition) is 4. The van der Waals surface area contributed by atoms with Crippen LogP contribution in [0, 0.1) is 16.2 Å². The van der Waals surface area contributed by atoms with E-state index in [1.807, 2.05) is 139 Å². The van der Waals surface area contributed by atoms with Crippen molar-refractivity contribution in [3.63, 3.8) is 0 Å². The van der Waals surface area contributed by atoms with Crippen LogP contribution in [0.1, 0.15) is 158 Å². The van der Waals surface area contributed by atoms with Gasteiger partial charge in [0.05, 0.1) is 19.3 Å². The summed E-state index contributed by atoms with van der Waals surface area (Å²) in [6.45, 7) is 19.1. The van der Waals surface area contributed by atoms with Crippen LogP contribution in [0.2, 0.25) is 0 Å². The Balaban J connectivity index is 0.000000151. The van der Waals surface area contributed by atoms with Crippen molar-refractivity contribution in [2.45, 2.75) is 124 Å². The lowest BCUT2D eigenvalue weighted by atomic mass is 9.79. The molecule has 582 valence electrons. The molecule has 0 radical (unpaired) electrons. The van der Waals surface area contributed by atoms with Crippen LogP contribution < -0.4 is 31.4 Å². The van der Waals surface area contributed by atoms with Gasteiger partial charge in [-0.15, -0.1) is 11.7 Å². The molecule has 22 nitrogen and oxygen atoms in total. The van der Waals surface area contributed by atoms with Crippen molar-refractivity contribution in [3.05, 3.63) is 215 Å². The second-order valence-electron chi connectivity index (χ2n) is 30.9. The Morgan fingerprint density at radius 1 is 0.427 bits per heavy atom. The van der Waals surface area contributed by atoms with Crippen molar-refractivity contribution in [2.75, 3.05) is 60.3 Å². The van der Waals surface area contributed by atoms with E-state index in [2.05, 4.69) is 60.1 Å². The number of nitrogens with zero attached hydrogens (tertiary/aromatic N) is 10. The Bertz CT molecular complexity index is 4380. The molecule has 15 rings (SSSR count). The van der Waals surface area contributed by atoms with Gasteiger partial charge in [0.15, 0.2) is 16.6 Å². The molecule has 3 aromatic heterocycles. The zero-order chi connectivity index (χ0) is 77.8. The summed E-state index contributed by atoms with van der Waals surface area (Å²) < 4.78 is 112. The minimum Gasteiger partial charge on any atom is -0.462 e. The molecule has 1 unspecified atom stereocenters. The number of aliphatic imine (C=N–C) groups is 3. The van der Waals surface area contributed by atoms with Crippen molar-refractivity contribution >= 4 is 29.4 Å². The maximum Gasteiger partial charge on any atom is 0.283 e. The first-order valence-corrected chi connectivity index (χ1v) is 36.8. The lowest BCUT2D eigenvalue weighted by Gasteiger charge is -2.34. The number of aliphatic hydroxyl groups excluding tert-OH is 1. The van der Waals surface area contributed by atoms with E-state index in [4.69, 9.17) is 60.6 Å². The van der Waals surface area contributed by atoms with Gasteiger partial charge in [-0.25, -0.2) is 53.7 Å². The Morgan fingerprint density at radius 2 is 0.700 bits per heavy atom. The third-order valence-electron chi connectivity index (χ3n) is 19.0. The van der Waals surface area contributed by atoms with Gasteiger partial charge in [0.1, 0.15) is 85.6 Å². The normalized spacial score (nSPS) is 19.1. The maximum atomic E-state index is 15.2. The van der Waals surface area contributed by atoms with Crippen molar-refractivity contribution in [1.29, 1.82) is 0 Å². The van der Waals surface area contributed by atoms with Crippen LogP contribution in [0.15, 0.2) is 180 Å². The molecule has 0 saturated carbocycles. The van der Waals surface area contributed by atoms with Gasteiger partial charge in [0.2, 0.25) is 0 Å². The van der Waals surface area contributed by atoms with Crippen molar-refractivity contribution in [1.82, 2.24) is 34.2 Å². The lowest BCUT2D eigenvalue weighted by molar-refractivity contribution is 0.122. The summed E-state index contributed by atoms with van der Waals surface area (Å²) in [6.07, 6.45) is 13.7. The SMILES string of the molecule is C.CC(C)(C)CC(O)c1ccc2c(c1)[C@]1(COC(N)=N1)c1cc(-c3cncnc3)ccc1O2.CC(C)(C)C[C@@H](F)c1ccc2c(c1)[C@]1(COC(N)=N1)c1cc(-c3cncnc3)ccc1O2.CC(C)(C)C[C@H](F)c1ccc2c(c1)[C@]1(COC(N)=N1)c1cc(-c3cncnc3)ccc1O2.COCCN(CCOC)S(F)(F)F. The number of rotatable bonds is 16. The molecule has 7 N–H and O–H groups in total. The summed E-state index contributed by atoms with van der Waals surface area (Å²) in [7, 11) is 2.75. The fourth-order valence-electron chi connectivity index (χ4n) is 13.8. The van der Waals surface area contributed by atoms with Crippen molar-refractivity contribution in [3.8, 4) is 67.9 Å². The Morgan fingerprint density at radius 3 is 0.964 bits per heavy atom. The first-order chi connectivity index (χ1) is 51.8. The number of aliphatic hydroxyl groups is 1. The monoisotopic (exact) mass is 1530 g/mol. The topological polar surface area (TPSA) is 290 Å². The van der Waals surface area contributed by atoms with Crippen LogP contribution in [-0.4, -0.2) is 118 Å². The number of hydrogen-bond acceptors (Lipinski definition) is 22. The molecule has 9 aromatic rings. The van der Waals surface area contributed by atoms with E-state index in [1.165, 1.54) is 33.2 Å². The molecule has 110 heavy (non-hydrogen) atoms. The molecular formula is C82H94F5N13O9S. The van der Waals surface area contributed by atoms with E-state index in [1.54, 1.807) is 49.3 Å². The number of ether oxygens (including phenoxy) is 8. The molecule has 0 aliphatic carbocycles.